The van der Waals surface area contributed by atoms with E-state index in [-0.39, 0.29) is 5.82 Å². The highest BCUT2D eigenvalue weighted by Gasteiger charge is 2.66. The van der Waals surface area contributed by atoms with Crippen molar-refractivity contribution >= 4 is 0 Å². The number of fused-ring (bicyclic) bond motifs is 1. The van der Waals surface area contributed by atoms with Gasteiger partial charge in [0.15, 0.2) is 0 Å². The summed E-state index contributed by atoms with van der Waals surface area (Å²) in [5.74, 6) is 0.643. The SMILES string of the molecule is OC1(c2ccc(F)cc2)C2CCCC21. The lowest BCUT2D eigenvalue weighted by Crippen LogP contribution is -2.12. The molecule has 3 rings (SSSR count). The standard InChI is InChI=1S/C12H13FO/c13-9-6-4-8(5-7-9)12(14)10-2-1-3-11(10)12/h4-7,10-11,14H,1-3H2. The molecule has 2 atom stereocenters. The summed E-state index contributed by atoms with van der Waals surface area (Å²) in [6, 6.07) is 6.30. The molecule has 0 heterocycles. The topological polar surface area (TPSA) is 20.2 Å². The van der Waals surface area contributed by atoms with E-state index in [2.05, 4.69) is 0 Å². The van der Waals surface area contributed by atoms with Gasteiger partial charge in [-0.2, -0.15) is 0 Å². The minimum absolute atomic E-state index is 0.233. The second kappa shape index (κ2) is 2.57. The van der Waals surface area contributed by atoms with Crippen molar-refractivity contribution in [2.75, 3.05) is 0 Å². The largest absolute Gasteiger partial charge is 0.385 e. The lowest BCUT2D eigenvalue weighted by Gasteiger charge is -2.14. The van der Waals surface area contributed by atoms with E-state index >= 15 is 0 Å². The first-order chi connectivity index (χ1) is 6.73. The van der Waals surface area contributed by atoms with Gasteiger partial charge in [0.05, 0.1) is 5.60 Å². The quantitative estimate of drug-likeness (QED) is 0.724. The summed E-state index contributed by atoms with van der Waals surface area (Å²) in [5.41, 5.74) is 0.278. The second-order valence-corrected chi connectivity index (χ2v) is 4.48. The molecule has 2 aliphatic rings. The van der Waals surface area contributed by atoms with Crippen LogP contribution >= 0.6 is 0 Å². The number of halogens is 1. The van der Waals surface area contributed by atoms with E-state index < -0.39 is 5.60 Å². The van der Waals surface area contributed by atoms with Crippen molar-refractivity contribution in [3.63, 3.8) is 0 Å². The summed E-state index contributed by atoms with van der Waals surface area (Å²) in [4.78, 5) is 0. The fraction of sp³-hybridized carbons (Fsp3) is 0.500. The van der Waals surface area contributed by atoms with E-state index in [1.807, 2.05) is 0 Å². The molecule has 74 valence electrons. The maximum atomic E-state index is 12.7. The summed E-state index contributed by atoms with van der Waals surface area (Å²) in [5, 5.41) is 10.3. The Kier molecular flexibility index (Phi) is 1.55. The van der Waals surface area contributed by atoms with Gasteiger partial charge in [0.1, 0.15) is 5.82 Å². The molecule has 0 bridgehead atoms. The molecule has 2 fully saturated rings. The number of rotatable bonds is 1. The normalized spacial score (nSPS) is 39.6. The summed E-state index contributed by atoms with van der Waals surface area (Å²) in [7, 11) is 0. The fourth-order valence-electron chi connectivity index (χ4n) is 3.07. The molecule has 0 amide bonds. The zero-order chi connectivity index (χ0) is 9.76. The van der Waals surface area contributed by atoms with Gasteiger partial charge < -0.3 is 5.11 Å². The lowest BCUT2D eigenvalue weighted by molar-refractivity contribution is 0.105. The summed E-state index contributed by atoms with van der Waals surface area (Å²) >= 11 is 0. The first-order valence-electron chi connectivity index (χ1n) is 5.21. The van der Waals surface area contributed by atoms with E-state index in [0.717, 1.165) is 18.4 Å². The third-order valence-corrected chi connectivity index (χ3v) is 3.84. The highest BCUT2D eigenvalue weighted by Crippen LogP contribution is 2.66. The average Bonchev–Trinajstić information content (AvgIpc) is 2.63. The van der Waals surface area contributed by atoms with Crippen molar-refractivity contribution in [1.29, 1.82) is 0 Å². The fourth-order valence-corrected chi connectivity index (χ4v) is 3.07. The Morgan fingerprint density at radius 1 is 1.14 bits per heavy atom. The van der Waals surface area contributed by atoms with Crippen LogP contribution in [0.25, 0.3) is 0 Å². The van der Waals surface area contributed by atoms with Crippen molar-refractivity contribution in [3.05, 3.63) is 35.6 Å². The Labute approximate surface area is 82.6 Å². The Morgan fingerprint density at radius 3 is 2.29 bits per heavy atom. The highest BCUT2D eigenvalue weighted by atomic mass is 19.1. The molecule has 1 aromatic rings. The van der Waals surface area contributed by atoms with Crippen LogP contribution in [-0.4, -0.2) is 5.11 Å². The van der Waals surface area contributed by atoms with Gasteiger partial charge in [-0.25, -0.2) is 4.39 Å². The highest BCUT2D eigenvalue weighted by molar-refractivity contribution is 5.33. The third-order valence-electron chi connectivity index (χ3n) is 3.84. The predicted octanol–water partition coefficient (Wildman–Crippen LogP) is 2.44. The number of hydrogen-bond acceptors (Lipinski definition) is 1. The monoisotopic (exact) mass is 192 g/mol. The van der Waals surface area contributed by atoms with Crippen LogP contribution in [0.2, 0.25) is 0 Å². The summed E-state index contributed by atoms with van der Waals surface area (Å²) < 4.78 is 12.7. The minimum atomic E-state index is -0.619. The number of benzene rings is 1. The van der Waals surface area contributed by atoms with E-state index in [1.165, 1.54) is 18.6 Å². The van der Waals surface area contributed by atoms with Crippen molar-refractivity contribution in [2.45, 2.75) is 24.9 Å². The Bertz CT molecular complexity index is 347. The minimum Gasteiger partial charge on any atom is -0.385 e. The molecule has 0 aromatic heterocycles. The van der Waals surface area contributed by atoms with Crippen LogP contribution < -0.4 is 0 Å². The molecule has 0 aliphatic heterocycles. The molecule has 1 N–H and O–H groups in total. The van der Waals surface area contributed by atoms with Crippen LogP contribution in [0.3, 0.4) is 0 Å². The molecule has 1 aromatic carbocycles. The van der Waals surface area contributed by atoms with E-state index in [0.29, 0.717) is 11.8 Å². The van der Waals surface area contributed by atoms with Gasteiger partial charge in [0, 0.05) is 0 Å². The number of hydrogen-bond donors (Lipinski definition) is 1. The van der Waals surface area contributed by atoms with Crippen LogP contribution in [0.15, 0.2) is 24.3 Å². The Hall–Kier alpha value is -0.890. The molecule has 0 saturated heterocycles. The number of aliphatic hydroxyl groups is 1. The first kappa shape index (κ1) is 8.42. The molecule has 2 unspecified atom stereocenters. The molecule has 0 radical (unpaired) electrons. The van der Waals surface area contributed by atoms with Gasteiger partial charge in [0.25, 0.3) is 0 Å². The zero-order valence-corrected chi connectivity index (χ0v) is 7.91. The molecule has 1 nitrogen and oxygen atoms in total. The molecule has 14 heavy (non-hydrogen) atoms. The predicted molar refractivity (Wildman–Crippen MR) is 51.1 cm³/mol. The molecule has 0 spiro atoms. The smallest absolute Gasteiger partial charge is 0.123 e. The molecule has 2 aliphatic carbocycles. The van der Waals surface area contributed by atoms with Crippen LogP contribution in [0.1, 0.15) is 24.8 Å². The zero-order valence-electron chi connectivity index (χ0n) is 7.91. The van der Waals surface area contributed by atoms with Crippen molar-refractivity contribution in [1.82, 2.24) is 0 Å². The van der Waals surface area contributed by atoms with Crippen LogP contribution in [0, 0.1) is 17.7 Å². The van der Waals surface area contributed by atoms with Crippen LogP contribution in [0.4, 0.5) is 4.39 Å². The van der Waals surface area contributed by atoms with Crippen molar-refractivity contribution in [2.24, 2.45) is 11.8 Å². The van der Waals surface area contributed by atoms with E-state index in [4.69, 9.17) is 0 Å². The van der Waals surface area contributed by atoms with Gasteiger partial charge in [-0.3, -0.25) is 0 Å². The van der Waals surface area contributed by atoms with Gasteiger partial charge in [-0.1, -0.05) is 18.6 Å². The van der Waals surface area contributed by atoms with Gasteiger partial charge in [-0.15, -0.1) is 0 Å². The molecule has 2 heteroatoms. The van der Waals surface area contributed by atoms with Gasteiger partial charge in [-0.05, 0) is 42.4 Å². The maximum absolute atomic E-state index is 12.7. The van der Waals surface area contributed by atoms with Gasteiger partial charge in [0.2, 0.25) is 0 Å². The lowest BCUT2D eigenvalue weighted by atomic mass is 9.99. The average molecular weight is 192 g/mol. The third kappa shape index (κ3) is 0.921. The van der Waals surface area contributed by atoms with E-state index in [1.54, 1.807) is 12.1 Å². The van der Waals surface area contributed by atoms with Gasteiger partial charge >= 0.3 is 0 Å². The van der Waals surface area contributed by atoms with Crippen LogP contribution in [-0.2, 0) is 5.60 Å². The maximum Gasteiger partial charge on any atom is 0.123 e. The first-order valence-corrected chi connectivity index (χ1v) is 5.21. The second-order valence-electron chi connectivity index (χ2n) is 4.48. The molecular formula is C12H13FO. The Balaban J connectivity index is 1.93. The molecular weight excluding hydrogens is 179 g/mol. The van der Waals surface area contributed by atoms with Crippen molar-refractivity contribution < 1.29 is 9.50 Å². The molecule has 2 saturated carbocycles. The van der Waals surface area contributed by atoms with Crippen molar-refractivity contribution in [3.8, 4) is 0 Å². The Morgan fingerprint density at radius 2 is 1.71 bits per heavy atom. The summed E-state index contributed by atoms with van der Waals surface area (Å²) in [6.07, 6.45) is 3.48. The van der Waals surface area contributed by atoms with E-state index in [9.17, 15) is 9.50 Å². The van der Waals surface area contributed by atoms with Crippen LogP contribution in [0.5, 0.6) is 0 Å². The summed E-state index contributed by atoms with van der Waals surface area (Å²) in [6.45, 7) is 0.